The molecule has 0 spiro atoms. The third kappa shape index (κ3) is 6.06. The van der Waals surface area contributed by atoms with Crippen LogP contribution in [-0.4, -0.2) is 47.9 Å². The molecule has 0 unspecified atom stereocenters. The Bertz CT molecular complexity index is 720. The molecular weight excluding hydrogens is 390 g/mol. The fraction of sp³-hybridized carbons (Fsp3) is 0.429. The van der Waals surface area contributed by atoms with E-state index in [1.54, 1.807) is 12.1 Å². The van der Waals surface area contributed by atoms with Crippen molar-refractivity contribution in [2.24, 2.45) is 0 Å². The number of alkyl halides is 3. The van der Waals surface area contributed by atoms with Crippen molar-refractivity contribution in [3.63, 3.8) is 0 Å². The lowest BCUT2D eigenvalue weighted by atomic mass is 9.78. The first kappa shape index (κ1) is 22.4. The second-order valence-corrected chi connectivity index (χ2v) is 7.31. The minimum Gasteiger partial charge on any atom is -0.491 e. The van der Waals surface area contributed by atoms with E-state index < -0.39 is 25.2 Å². The molecule has 154 valence electrons. The van der Waals surface area contributed by atoms with Crippen LogP contribution < -0.4 is 9.47 Å². The molecule has 2 aromatic rings. The minimum absolute atomic E-state index is 0.117. The van der Waals surface area contributed by atoms with Crippen LogP contribution in [0.3, 0.4) is 0 Å². The normalized spacial score (nSPS) is 14.0. The van der Waals surface area contributed by atoms with Gasteiger partial charge >= 0.3 is 0 Å². The molecule has 0 aromatic heterocycles. The number of hydrogen-bond acceptors (Lipinski definition) is 4. The summed E-state index contributed by atoms with van der Waals surface area (Å²) in [5.41, 5.74) is 1.76. The van der Waals surface area contributed by atoms with Crippen LogP contribution in [0.4, 0.5) is 8.78 Å². The van der Waals surface area contributed by atoms with Crippen molar-refractivity contribution in [2.75, 3.05) is 19.1 Å². The van der Waals surface area contributed by atoms with E-state index in [1.807, 2.05) is 36.4 Å². The molecule has 0 saturated heterocycles. The van der Waals surface area contributed by atoms with Gasteiger partial charge in [0.1, 0.15) is 36.9 Å². The number of ether oxygens (including phenoxy) is 2. The Morgan fingerprint density at radius 2 is 1.29 bits per heavy atom. The van der Waals surface area contributed by atoms with Gasteiger partial charge in [-0.2, -0.15) is 0 Å². The SMILES string of the molecule is CC(C)(c1ccc(OC[C@@H](O)CCl)cc1)c1ccc(OC[C@@H](O)C(F)F)cc1. The second kappa shape index (κ2) is 10.0. The van der Waals surface area contributed by atoms with Crippen molar-refractivity contribution in [1.82, 2.24) is 0 Å². The summed E-state index contributed by atoms with van der Waals surface area (Å²) in [6.45, 7) is 3.81. The highest BCUT2D eigenvalue weighted by molar-refractivity contribution is 6.18. The molecule has 2 aromatic carbocycles. The zero-order valence-electron chi connectivity index (χ0n) is 15.8. The number of aliphatic hydroxyl groups excluding tert-OH is 2. The first-order valence-corrected chi connectivity index (χ1v) is 9.44. The van der Waals surface area contributed by atoms with Crippen LogP contribution in [0.2, 0.25) is 0 Å². The highest BCUT2D eigenvalue weighted by atomic mass is 35.5. The van der Waals surface area contributed by atoms with E-state index in [4.69, 9.17) is 26.2 Å². The molecule has 0 aliphatic rings. The molecule has 0 bridgehead atoms. The number of benzene rings is 2. The molecule has 4 nitrogen and oxygen atoms in total. The minimum atomic E-state index is -2.83. The summed E-state index contributed by atoms with van der Waals surface area (Å²) in [7, 11) is 0. The van der Waals surface area contributed by atoms with E-state index in [-0.39, 0.29) is 17.9 Å². The maximum absolute atomic E-state index is 12.3. The molecule has 0 saturated carbocycles. The lowest BCUT2D eigenvalue weighted by molar-refractivity contribution is -0.0283. The second-order valence-electron chi connectivity index (χ2n) is 7.01. The number of halogens is 3. The average Bonchev–Trinajstić information content (AvgIpc) is 2.70. The van der Waals surface area contributed by atoms with Crippen molar-refractivity contribution in [3.8, 4) is 11.5 Å². The fourth-order valence-corrected chi connectivity index (χ4v) is 2.68. The van der Waals surface area contributed by atoms with Crippen molar-refractivity contribution in [2.45, 2.75) is 37.9 Å². The summed E-state index contributed by atoms with van der Waals surface area (Å²) in [5.74, 6) is 1.18. The van der Waals surface area contributed by atoms with E-state index in [2.05, 4.69) is 13.8 Å². The molecular formula is C21H25ClF2O4. The van der Waals surface area contributed by atoms with Gasteiger partial charge in [0.2, 0.25) is 0 Å². The quantitative estimate of drug-likeness (QED) is 0.577. The van der Waals surface area contributed by atoms with E-state index in [0.29, 0.717) is 11.5 Å². The van der Waals surface area contributed by atoms with Gasteiger partial charge in [0, 0.05) is 5.41 Å². The Morgan fingerprint density at radius 3 is 1.68 bits per heavy atom. The molecule has 0 radical (unpaired) electrons. The van der Waals surface area contributed by atoms with Crippen LogP contribution in [0.25, 0.3) is 0 Å². The zero-order chi connectivity index (χ0) is 20.7. The highest BCUT2D eigenvalue weighted by Crippen LogP contribution is 2.33. The summed E-state index contributed by atoms with van der Waals surface area (Å²) >= 11 is 5.55. The van der Waals surface area contributed by atoms with Gasteiger partial charge in [0.25, 0.3) is 6.43 Å². The Labute approximate surface area is 168 Å². The monoisotopic (exact) mass is 414 g/mol. The molecule has 0 amide bonds. The van der Waals surface area contributed by atoms with Crippen molar-refractivity contribution < 1.29 is 28.5 Å². The van der Waals surface area contributed by atoms with Crippen molar-refractivity contribution in [3.05, 3.63) is 59.7 Å². The lowest BCUT2D eigenvalue weighted by Gasteiger charge is -2.26. The topological polar surface area (TPSA) is 58.9 Å². The zero-order valence-corrected chi connectivity index (χ0v) is 16.6. The van der Waals surface area contributed by atoms with Crippen LogP contribution in [0.15, 0.2) is 48.5 Å². The van der Waals surface area contributed by atoms with Crippen LogP contribution in [0, 0.1) is 0 Å². The van der Waals surface area contributed by atoms with Crippen LogP contribution in [0.1, 0.15) is 25.0 Å². The third-order valence-electron chi connectivity index (χ3n) is 4.48. The molecule has 0 aliphatic carbocycles. The van der Waals surface area contributed by atoms with E-state index in [9.17, 15) is 13.9 Å². The van der Waals surface area contributed by atoms with Gasteiger partial charge in [0.05, 0.1) is 5.88 Å². The van der Waals surface area contributed by atoms with Crippen molar-refractivity contribution >= 4 is 11.6 Å². The third-order valence-corrected chi connectivity index (χ3v) is 4.84. The number of aliphatic hydroxyl groups is 2. The molecule has 2 N–H and O–H groups in total. The first-order chi connectivity index (χ1) is 13.2. The number of hydrogen-bond donors (Lipinski definition) is 2. The molecule has 2 atom stereocenters. The maximum atomic E-state index is 12.3. The summed E-state index contributed by atoms with van der Waals surface area (Å²) in [6, 6.07) is 14.7. The Morgan fingerprint density at radius 1 is 0.857 bits per heavy atom. The Kier molecular flexibility index (Phi) is 8.04. The van der Waals surface area contributed by atoms with E-state index >= 15 is 0 Å². The van der Waals surface area contributed by atoms with E-state index in [1.165, 1.54) is 0 Å². The predicted molar refractivity (Wildman–Crippen MR) is 105 cm³/mol. The molecule has 0 fully saturated rings. The lowest BCUT2D eigenvalue weighted by Crippen LogP contribution is -2.25. The fourth-order valence-electron chi connectivity index (χ4n) is 2.59. The largest absolute Gasteiger partial charge is 0.491 e. The smallest absolute Gasteiger partial charge is 0.267 e. The first-order valence-electron chi connectivity index (χ1n) is 8.91. The van der Waals surface area contributed by atoms with Gasteiger partial charge in [0.15, 0.2) is 0 Å². The maximum Gasteiger partial charge on any atom is 0.267 e. The van der Waals surface area contributed by atoms with E-state index in [0.717, 1.165) is 11.1 Å². The van der Waals surface area contributed by atoms with Crippen molar-refractivity contribution in [1.29, 1.82) is 0 Å². The Hall–Kier alpha value is -1.89. The van der Waals surface area contributed by atoms with Gasteiger partial charge in [-0.15, -0.1) is 11.6 Å². The van der Waals surface area contributed by atoms with Gasteiger partial charge in [-0.05, 0) is 35.4 Å². The van der Waals surface area contributed by atoms with Crippen LogP contribution in [0.5, 0.6) is 11.5 Å². The summed E-state index contributed by atoms with van der Waals surface area (Å²) < 4.78 is 35.3. The van der Waals surface area contributed by atoms with Gasteiger partial charge < -0.3 is 19.7 Å². The summed E-state index contributed by atoms with van der Waals surface area (Å²) in [5, 5.41) is 18.6. The van der Waals surface area contributed by atoms with Crippen LogP contribution >= 0.6 is 11.6 Å². The molecule has 0 heterocycles. The van der Waals surface area contributed by atoms with Gasteiger partial charge in [-0.1, -0.05) is 38.1 Å². The molecule has 28 heavy (non-hydrogen) atoms. The highest BCUT2D eigenvalue weighted by Gasteiger charge is 2.23. The molecule has 2 rings (SSSR count). The van der Waals surface area contributed by atoms with Crippen LogP contribution in [-0.2, 0) is 5.41 Å². The molecule has 7 heteroatoms. The standard InChI is InChI=1S/C21H25ClF2O4/c1-21(2,14-3-7-17(8-4-14)27-12-16(25)11-22)15-5-9-18(10-6-15)28-13-19(26)20(23)24/h3-10,16,19-20,25-26H,11-13H2,1-2H3/t16-,19+/m0/s1. The summed E-state index contributed by atoms with van der Waals surface area (Å²) in [6.07, 6.45) is -5.34. The van der Waals surface area contributed by atoms with Gasteiger partial charge in [-0.3, -0.25) is 0 Å². The average molecular weight is 415 g/mol. The summed E-state index contributed by atoms with van der Waals surface area (Å²) in [4.78, 5) is 0. The Balaban J connectivity index is 2.03. The predicted octanol–water partition coefficient (Wildman–Crippen LogP) is 4.00. The number of rotatable bonds is 10. The molecule has 0 aliphatic heterocycles. The van der Waals surface area contributed by atoms with Gasteiger partial charge in [-0.25, -0.2) is 8.78 Å².